The van der Waals surface area contributed by atoms with Crippen LogP contribution in [0.15, 0.2) is 36.4 Å². The summed E-state index contributed by atoms with van der Waals surface area (Å²) in [6.07, 6.45) is 18.9. The molecule has 2 atom stereocenters. The Labute approximate surface area is 386 Å². The van der Waals surface area contributed by atoms with Crippen LogP contribution in [0.3, 0.4) is 0 Å². The van der Waals surface area contributed by atoms with E-state index in [2.05, 4.69) is 56.4 Å². The van der Waals surface area contributed by atoms with E-state index in [-0.39, 0.29) is 17.9 Å². The van der Waals surface area contributed by atoms with Crippen LogP contribution in [-0.2, 0) is 0 Å². The molecule has 8 rings (SSSR count). The van der Waals surface area contributed by atoms with Gasteiger partial charge in [0, 0.05) is 36.0 Å². The first-order chi connectivity index (χ1) is 30.7. The van der Waals surface area contributed by atoms with Crippen molar-refractivity contribution in [2.75, 3.05) is 66.7 Å². The zero-order valence-corrected chi connectivity index (χ0v) is 38.7. The molecule has 63 heavy (non-hydrogen) atoms. The van der Waals surface area contributed by atoms with Gasteiger partial charge >= 0.3 is 0 Å². The molecule has 2 saturated heterocycles. The lowest BCUT2D eigenvalue weighted by Crippen LogP contribution is -2.34. The Morgan fingerprint density at radius 3 is 1.57 bits per heavy atom. The van der Waals surface area contributed by atoms with Gasteiger partial charge in [-0.2, -0.15) is 29.9 Å². The molecule has 16 nitrogen and oxygen atoms in total. The van der Waals surface area contributed by atoms with E-state index in [1.54, 1.807) is 38.5 Å². The minimum absolute atomic E-state index is 0.0383. The molecule has 2 saturated carbocycles. The number of rotatable bonds is 13. The number of aromatic nitrogens is 6. The van der Waals surface area contributed by atoms with Crippen molar-refractivity contribution in [3.63, 3.8) is 0 Å². The van der Waals surface area contributed by atoms with Crippen molar-refractivity contribution in [2.45, 2.75) is 127 Å². The van der Waals surface area contributed by atoms with Gasteiger partial charge in [0.15, 0.2) is 0 Å². The van der Waals surface area contributed by atoms with Gasteiger partial charge in [0.2, 0.25) is 35.0 Å². The van der Waals surface area contributed by atoms with Gasteiger partial charge in [-0.1, -0.05) is 74.6 Å². The predicted molar refractivity (Wildman–Crippen MR) is 253 cm³/mol. The van der Waals surface area contributed by atoms with Crippen molar-refractivity contribution in [3.8, 4) is 11.5 Å². The summed E-state index contributed by atoms with van der Waals surface area (Å²) in [5, 5.41) is 35.9. The summed E-state index contributed by atoms with van der Waals surface area (Å²) >= 11 is 18.5. The molecule has 344 valence electrons. The molecule has 19 heteroatoms. The van der Waals surface area contributed by atoms with Crippen molar-refractivity contribution in [2.24, 2.45) is 0 Å². The van der Waals surface area contributed by atoms with Crippen molar-refractivity contribution in [1.29, 1.82) is 0 Å². The lowest BCUT2D eigenvalue weighted by molar-refractivity contribution is 0.255. The normalized spacial score (nSPS) is 19.4. The number of anilines is 7. The number of hydrogen-bond donors (Lipinski definition) is 7. The van der Waals surface area contributed by atoms with Crippen LogP contribution >= 0.6 is 34.8 Å². The molecule has 2 aliphatic heterocycles. The summed E-state index contributed by atoms with van der Waals surface area (Å²) in [4.78, 5) is 28.8. The molecule has 4 fully saturated rings. The van der Waals surface area contributed by atoms with Crippen molar-refractivity contribution >= 4 is 75.9 Å². The van der Waals surface area contributed by atoms with Crippen LogP contribution in [0.4, 0.5) is 41.1 Å². The largest absolute Gasteiger partial charge is 0.495 e. The molecular weight excluding hydrogens is 867 g/mol. The van der Waals surface area contributed by atoms with Gasteiger partial charge in [0.1, 0.15) is 11.5 Å². The molecule has 2 aromatic carbocycles. The van der Waals surface area contributed by atoms with E-state index in [4.69, 9.17) is 54.4 Å². The Morgan fingerprint density at radius 2 is 1.11 bits per heavy atom. The Morgan fingerprint density at radius 1 is 0.603 bits per heavy atom. The first-order valence-electron chi connectivity index (χ1n) is 22.4. The lowest BCUT2D eigenvalue weighted by Gasteiger charge is -2.24. The first kappa shape index (κ1) is 48.3. The molecule has 4 aromatic rings. The fraction of sp³-hybridized carbons (Fsp3) is 0.591. The van der Waals surface area contributed by atoms with E-state index in [0.29, 0.717) is 76.0 Å². The van der Waals surface area contributed by atoms with Crippen LogP contribution in [-0.4, -0.2) is 105 Å². The smallest absolute Gasteiger partial charge is 0.233 e. The quantitative estimate of drug-likeness (QED) is 0.0626. The topological polar surface area (TPSA) is 200 Å². The van der Waals surface area contributed by atoms with Gasteiger partial charge in [-0.3, -0.25) is 0 Å². The molecule has 2 unspecified atom stereocenters. The third-order valence-electron chi connectivity index (χ3n) is 11.7. The molecule has 0 spiro atoms. The number of nitrogens with one attached hydrogen (secondary N) is 5. The second-order valence-corrected chi connectivity index (χ2v) is 17.4. The Balaban J connectivity index is 0.000000184. The summed E-state index contributed by atoms with van der Waals surface area (Å²) < 4.78 is 10.4. The van der Waals surface area contributed by atoms with E-state index < -0.39 is 0 Å². The van der Waals surface area contributed by atoms with Crippen LogP contribution in [0.5, 0.6) is 11.5 Å². The van der Waals surface area contributed by atoms with Crippen LogP contribution in [0.1, 0.15) is 103 Å². The molecule has 2 aromatic heterocycles. The molecule has 0 amide bonds. The Hall–Kier alpha value is -4.19. The molecule has 4 heterocycles. The summed E-state index contributed by atoms with van der Waals surface area (Å²) in [7, 11) is 3.16. The third kappa shape index (κ3) is 15.2. The highest BCUT2D eigenvalue weighted by molar-refractivity contribution is 6.32. The Bertz CT molecular complexity index is 2000. The Kier molecular flexibility index (Phi) is 19.4. The lowest BCUT2D eigenvalue weighted by atomic mass is 10.1. The maximum absolute atomic E-state index is 9.77. The maximum atomic E-state index is 9.77. The minimum Gasteiger partial charge on any atom is -0.495 e. The van der Waals surface area contributed by atoms with E-state index in [1.165, 1.54) is 57.8 Å². The second kappa shape index (κ2) is 25.3. The van der Waals surface area contributed by atoms with Crippen molar-refractivity contribution in [3.05, 3.63) is 51.7 Å². The average Bonchev–Trinajstić information content (AvgIpc) is 3.85. The number of halogens is 3. The zero-order chi connectivity index (χ0) is 44.4. The fourth-order valence-electron chi connectivity index (χ4n) is 8.24. The summed E-state index contributed by atoms with van der Waals surface area (Å²) in [6, 6.07) is 12.0. The van der Waals surface area contributed by atoms with Gasteiger partial charge in [-0.05, 0) is 106 Å². The highest BCUT2D eigenvalue weighted by atomic mass is 35.5. The molecular formula is C44H63Cl3N12O4. The SMILES string of the molecule is COc1ccc(Nc2nc(Cl)nc(NC3CCCCCC3)n2)cc1Cl.COc1ccc(Nc2nc(NC3CCCCCC3)nc(N3CCCC3CO)n2)cc1Cl.OCC1CCCN1. The highest BCUT2D eigenvalue weighted by Gasteiger charge is 2.28. The molecule has 0 bridgehead atoms. The molecule has 0 radical (unpaired) electrons. The number of hydrogen-bond acceptors (Lipinski definition) is 16. The van der Waals surface area contributed by atoms with Crippen LogP contribution in [0.25, 0.3) is 0 Å². The summed E-state index contributed by atoms with van der Waals surface area (Å²) in [5.74, 6) is 3.70. The van der Waals surface area contributed by atoms with Gasteiger partial charge in [-0.25, -0.2) is 0 Å². The molecule has 7 N–H and O–H groups in total. The van der Waals surface area contributed by atoms with E-state index in [0.717, 1.165) is 69.4 Å². The number of ether oxygens (including phenoxy) is 2. The van der Waals surface area contributed by atoms with Crippen LogP contribution in [0.2, 0.25) is 15.3 Å². The third-order valence-corrected chi connectivity index (χ3v) is 12.4. The predicted octanol–water partition coefficient (Wildman–Crippen LogP) is 9.17. The van der Waals surface area contributed by atoms with Crippen LogP contribution in [0, 0.1) is 0 Å². The summed E-state index contributed by atoms with van der Waals surface area (Å²) in [5.41, 5.74) is 1.51. The number of nitrogens with zero attached hydrogens (tertiary/aromatic N) is 7. The fourth-order valence-corrected chi connectivity index (χ4v) is 8.92. The molecule has 2 aliphatic carbocycles. The van der Waals surface area contributed by atoms with Gasteiger partial charge in [0.05, 0.1) is 43.5 Å². The van der Waals surface area contributed by atoms with Gasteiger partial charge in [0.25, 0.3) is 0 Å². The van der Waals surface area contributed by atoms with Crippen LogP contribution < -0.4 is 41.0 Å². The van der Waals surface area contributed by atoms with Crippen molar-refractivity contribution in [1.82, 2.24) is 35.2 Å². The second-order valence-electron chi connectivity index (χ2n) is 16.3. The first-order valence-corrected chi connectivity index (χ1v) is 23.5. The summed E-state index contributed by atoms with van der Waals surface area (Å²) in [6.45, 7) is 2.31. The minimum atomic E-state index is 0.0383. The van der Waals surface area contributed by atoms with E-state index >= 15 is 0 Å². The number of aliphatic hydroxyl groups excluding tert-OH is 2. The maximum Gasteiger partial charge on any atom is 0.233 e. The number of benzene rings is 2. The van der Waals surface area contributed by atoms with Gasteiger partial charge < -0.3 is 51.2 Å². The van der Waals surface area contributed by atoms with E-state index in [1.807, 2.05) is 12.1 Å². The van der Waals surface area contributed by atoms with E-state index in [9.17, 15) is 5.11 Å². The van der Waals surface area contributed by atoms with Gasteiger partial charge in [-0.15, -0.1) is 0 Å². The zero-order valence-electron chi connectivity index (χ0n) is 36.4. The average molecular weight is 930 g/mol. The molecule has 4 aliphatic rings. The number of aliphatic hydroxyl groups is 2. The number of methoxy groups -OCH3 is 2. The highest BCUT2D eigenvalue weighted by Crippen LogP contribution is 2.31. The standard InChI is InChI=1S/C22H31ClN6O2.C17H21Cl2N5O.C5H11NO/c1-31-19-11-10-16(13-18(19)23)25-21-26-20(24-15-7-4-2-3-5-8-15)27-22(28-21)29-12-6-9-17(29)14-30;1-25-14-9-8-12(10-13(14)18)21-17-23-15(19)22-16(24-17)20-11-6-4-2-3-5-7-11;7-4-5-2-1-3-6-5/h10-11,13,15,17,30H,2-9,12,14H2,1H3,(H2,24,25,26,27,28);8-11H,2-7H2,1H3,(H2,20,21,22,23,24);5-7H,1-4H2. The monoisotopic (exact) mass is 928 g/mol. The van der Waals surface area contributed by atoms with Crippen molar-refractivity contribution < 1.29 is 19.7 Å².